The Hall–Kier alpha value is -7.64. The molecule has 0 aliphatic carbocycles. The van der Waals surface area contributed by atoms with Gasteiger partial charge in [0.2, 0.25) is 0 Å². The molecule has 0 unspecified atom stereocenters. The molecular formula is C48H31N7. The van der Waals surface area contributed by atoms with Gasteiger partial charge in [-0.2, -0.15) is 0 Å². The molecule has 0 bridgehead atoms. The van der Waals surface area contributed by atoms with E-state index in [0.29, 0.717) is 34.9 Å². The number of para-hydroxylation sites is 2. The Morgan fingerprint density at radius 1 is 0.273 bits per heavy atom. The Balaban J connectivity index is 1.18. The highest BCUT2D eigenvalue weighted by atomic mass is 15.1. The molecule has 10 aromatic rings. The van der Waals surface area contributed by atoms with E-state index in [1.165, 1.54) is 5.39 Å². The minimum atomic E-state index is 0.520. The van der Waals surface area contributed by atoms with Crippen molar-refractivity contribution in [3.05, 3.63) is 188 Å². The largest absolute Gasteiger partial charge is 0.309 e. The van der Waals surface area contributed by atoms with Crippen LogP contribution in [-0.4, -0.2) is 34.5 Å². The van der Waals surface area contributed by atoms with Crippen LogP contribution < -0.4 is 0 Å². The minimum absolute atomic E-state index is 0.520. The zero-order chi connectivity index (χ0) is 36.6. The smallest absolute Gasteiger partial charge is 0.164 e. The monoisotopic (exact) mass is 705 g/mol. The van der Waals surface area contributed by atoms with Crippen LogP contribution in [0.25, 0.3) is 95.8 Å². The molecule has 3 heterocycles. The van der Waals surface area contributed by atoms with Gasteiger partial charge in [0, 0.05) is 49.8 Å². The molecule has 0 atom stereocenters. The molecule has 7 nitrogen and oxygen atoms in total. The summed E-state index contributed by atoms with van der Waals surface area (Å²) < 4.78 is 2.30. The summed E-state index contributed by atoms with van der Waals surface area (Å²) in [5.41, 5.74) is 8.44. The lowest BCUT2D eigenvalue weighted by Crippen LogP contribution is -2.03. The Morgan fingerprint density at radius 3 is 1.16 bits per heavy atom. The van der Waals surface area contributed by atoms with Gasteiger partial charge >= 0.3 is 0 Å². The van der Waals surface area contributed by atoms with Crippen molar-refractivity contribution in [2.75, 3.05) is 0 Å². The zero-order valence-electron chi connectivity index (χ0n) is 29.5. The van der Waals surface area contributed by atoms with E-state index in [1.807, 2.05) is 121 Å². The van der Waals surface area contributed by atoms with E-state index in [-0.39, 0.29) is 0 Å². The van der Waals surface area contributed by atoms with Gasteiger partial charge in [-0.25, -0.2) is 29.9 Å². The Kier molecular flexibility index (Phi) is 8.00. The van der Waals surface area contributed by atoms with E-state index in [0.717, 1.165) is 55.5 Å². The van der Waals surface area contributed by atoms with Crippen LogP contribution in [0.1, 0.15) is 0 Å². The Labute approximate surface area is 317 Å². The lowest BCUT2D eigenvalue weighted by atomic mass is 10.0. The third-order valence-corrected chi connectivity index (χ3v) is 9.72. The molecule has 0 fully saturated rings. The van der Waals surface area contributed by atoms with E-state index >= 15 is 0 Å². The fourth-order valence-corrected chi connectivity index (χ4v) is 7.11. The van der Waals surface area contributed by atoms with E-state index in [4.69, 9.17) is 29.9 Å². The number of benzene rings is 7. The highest BCUT2D eigenvalue weighted by molar-refractivity contribution is 6.10. The second-order valence-electron chi connectivity index (χ2n) is 13.2. The third kappa shape index (κ3) is 5.99. The lowest BCUT2D eigenvalue weighted by Gasteiger charge is -2.13. The van der Waals surface area contributed by atoms with Crippen LogP contribution in [0.3, 0.4) is 0 Å². The number of hydrogen-bond donors (Lipinski definition) is 0. The Bertz CT molecular complexity index is 2910. The molecule has 0 radical (unpaired) electrons. The molecular weight excluding hydrogens is 675 g/mol. The fraction of sp³-hybridized carbons (Fsp3) is 0. The standard InChI is InChI=1S/C48H31N7/c1-5-17-32(18-6-1)43-49-44(33-19-7-2-8-20-33)52-47(51-43)39-26-13-14-27-40(39)48-53-45(34-21-9-3-10-22-34)50-46(54-48)35-29-30-38-37-25-15-16-28-41(37)55(42(38)31-35)36-23-11-4-12-24-36/h1-31H. The maximum Gasteiger partial charge on any atom is 0.164 e. The lowest BCUT2D eigenvalue weighted by molar-refractivity contribution is 1.06. The fourth-order valence-electron chi connectivity index (χ4n) is 7.11. The van der Waals surface area contributed by atoms with Gasteiger partial charge in [0.15, 0.2) is 34.9 Å². The van der Waals surface area contributed by atoms with Crippen LogP contribution in [0.2, 0.25) is 0 Å². The first kappa shape index (κ1) is 32.0. The number of aromatic nitrogens is 7. The van der Waals surface area contributed by atoms with Gasteiger partial charge < -0.3 is 4.57 Å². The maximum absolute atomic E-state index is 5.21. The number of fused-ring (bicyclic) bond motifs is 3. The SMILES string of the molecule is c1ccc(-c2nc(-c3ccccc3)nc(-c3ccccc3-c3nc(-c4ccccc4)nc(-c4ccc5c6ccccc6n(-c6ccccc6)c5c4)n3)n2)cc1. The van der Waals surface area contributed by atoms with Crippen molar-refractivity contribution < 1.29 is 0 Å². The first-order chi connectivity index (χ1) is 27.3. The van der Waals surface area contributed by atoms with Gasteiger partial charge in [0.1, 0.15) is 0 Å². The van der Waals surface area contributed by atoms with E-state index in [9.17, 15) is 0 Å². The van der Waals surface area contributed by atoms with Crippen molar-refractivity contribution in [1.82, 2.24) is 34.5 Å². The molecule has 3 aromatic heterocycles. The topological polar surface area (TPSA) is 82.3 Å². The highest BCUT2D eigenvalue weighted by Gasteiger charge is 2.20. The van der Waals surface area contributed by atoms with Crippen LogP contribution in [0, 0.1) is 0 Å². The molecule has 0 aliphatic heterocycles. The quantitative estimate of drug-likeness (QED) is 0.164. The second-order valence-corrected chi connectivity index (χ2v) is 13.2. The van der Waals surface area contributed by atoms with Crippen LogP contribution in [-0.2, 0) is 0 Å². The molecule has 258 valence electrons. The summed E-state index contributed by atoms with van der Waals surface area (Å²) in [6.07, 6.45) is 0. The van der Waals surface area contributed by atoms with Crippen molar-refractivity contribution in [3.8, 4) is 74.0 Å². The number of nitrogens with zero attached hydrogens (tertiary/aromatic N) is 7. The van der Waals surface area contributed by atoms with E-state index < -0.39 is 0 Å². The van der Waals surface area contributed by atoms with E-state index in [2.05, 4.69) is 71.3 Å². The Morgan fingerprint density at radius 2 is 0.655 bits per heavy atom. The van der Waals surface area contributed by atoms with Gasteiger partial charge in [-0.1, -0.05) is 164 Å². The van der Waals surface area contributed by atoms with Crippen molar-refractivity contribution in [2.45, 2.75) is 0 Å². The summed E-state index contributed by atoms with van der Waals surface area (Å²) in [6.45, 7) is 0. The molecule has 0 saturated carbocycles. The summed E-state index contributed by atoms with van der Waals surface area (Å²) in [5, 5.41) is 2.34. The minimum Gasteiger partial charge on any atom is -0.309 e. The third-order valence-electron chi connectivity index (χ3n) is 9.72. The highest BCUT2D eigenvalue weighted by Crippen LogP contribution is 2.36. The van der Waals surface area contributed by atoms with Crippen LogP contribution >= 0.6 is 0 Å². The molecule has 7 heteroatoms. The van der Waals surface area contributed by atoms with E-state index in [1.54, 1.807) is 0 Å². The summed E-state index contributed by atoms with van der Waals surface area (Å²) in [6, 6.07) is 63.5. The van der Waals surface area contributed by atoms with Crippen molar-refractivity contribution in [3.63, 3.8) is 0 Å². The van der Waals surface area contributed by atoms with Crippen molar-refractivity contribution >= 4 is 21.8 Å². The predicted octanol–water partition coefficient (Wildman–Crippen LogP) is 11.2. The van der Waals surface area contributed by atoms with Crippen LogP contribution in [0.15, 0.2) is 188 Å². The predicted molar refractivity (Wildman–Crippen MR) is 220 cm³/mol. The van der Waals surface area contributed by atoms with Crippen molar-refractivity contribution in [1.29, 1.82) is 0 Å². The van der Waals surface area contributed by atoms with Gasteiger partial charge in [-0.15, -0.1) is 0 Å². The molecule has 7 aromatic carbocycles. The normalized spacial score (nSPS) is 11.3. The van der Waals surface area contributed by atoms with Gasteiger partial charge in [-0.05, 0) is 24.3 Å². The molecule has 0 spiro atoms. The average molecular weight is 706 g/mol. The number of hydrogen-bond acceptors (Lipinski definition) is 6. The van der Waals surface area contributed by atoms with Gasteiger partial charge in [0.25, 0.3) is 0 Å². The van der Waals surface area contributed by atoms with Gasteiger partial charge in [-0.3, -0.25) is 0 Å². The average Bonchev–Trinajstić information content (AvgIpc) is 3.61. The van der Waals surface area contributed by atoms with Crippen LogP contribution in [0.5, 0.6) is 0 Å². The zero-order valence-corrected chi connectivity index (χ0v) is 29.5. The number of rotatable bonds is 7. The molecule has 0 amide bonds. The van der Waals surface area contributed by atoms with Crippen LogP contribution in [0.4, 0.5) is 0 Å². The molecule has 10 rings (SSSR count). The summed E-state index contributed by atoms with van der Waals surface area (Å²) in [7, 11) is 0. The molecule has 0 aliphatic rings. The molecule has 0 N–H and O–H groups in total. The molecule has 0 saturated heterocycles. The summed E-state index contributed by atoms with van der Waals surface area (Å²) in [4.78, 5) is 30.4. The maximum atomic E-state index is 5.21. The van der Waals surface area contributed by atoms with Crippen molar-refractivity contribution in [2.24, 2.45) is 0 Å². The first-order valence-corrected chi connectivity index (χ1v) is 18.1. The summed E-state index contributed by atoms with van der Waals surface area (Å²) in [5.74, 6) is 3.36. The first-order valence-electron chi connectivity index (χ1n) is 18.1. The summed E-state index contributed by atoms with van der Waals surface area (Å²) >= 11 is 0. The van der Waals surface area contributed by atoms with Gasteiger partial charge in [0.05, 0.1) is 11.0 Å². The second kappa shape index (κ2) is 13.7. The molecule has 55 heavy (non-hydrogen) atoms.